The minimum Gasteiger partial charge on any atom is -0.450 e. The van der Waals surface area contributed by atoms with Gasteiger partial charge in [-0.1, -0.05) is 12.1 Å². The van der Waals surface area contributed by atoms with Crippen molar-refractivity contribution in [2.24, 2.45) is 5.73 Å². The number of ether oxygens (including phenoxy) is 2. The standard InChI is InChI=1S/C18H24FN2O4/c19-15-5-2-14(3-6-15)4-7-17(22)21-10-8-16(9-11-21)24-12-1-13-25-18(20)23/h2-3,5-7,16H,1,4,8-13H2,(H2,20,23). The summed E-state index contributed by atoms with van der Waals surface area (Å²) in [6.07, 6.45) is 3.65. The van der Waals surface area contributed by atoms with Crippen LogP contribution in [0.2, 0.25) is 0 Å². The number of amides is 2. The van der Waals surface area contributed by atoms with E-state index in [4.69, 9.17) is 10.5 Å². The first kappa shape index (κ1) is 19.2. The number of benzene rings is 1. The van der Waals surface area contributed by atoms with Crippen LogP contribution in [0.25, 0.3) is 0 Å². The highest BCUT2D eigenvalue weighted by molar-refractivity contribution is 5.85. The van der Waals surface area contributed by atoms with Gasteiger partial charge in [0, 0.05) is 19.5 Å². The first-order valence-electron chi connectivity index (χ1n) is 8.45. The van der Waals surface area contributed by atoms with Crippen LogP contribution in [0.15, 0.2) is 24.3 Å². The summed E-state index contributed by atoms with van der Waals surface area (Å²) in [7, 11) is 0. The molecule has 1 heterocycles. The summed E-state index contributed by atoms with van der Waals surface area (Å²) in [6, 6.07) is 6.15. The molecule has 0 spiro atoms. The maximum absolute atomic E-state index is 12.9. The molecule has 0 atom stereocenters. The number of hydrogen-bond acceptors (Lipinski definition) is 4. The summed E-state index contributed by atoms with van der Waals surface area (Å²) in [5.74, 6) is -0.282. The number of carbonyl (C=O) groups is 2. The van der Waals surface area contributed by atoms with Gasteiger partial charge >= 0.3 is 6.09 Å². The van der Waals surface area contributed by atoms with Crippen molar-refractivity contribution in [1.29, 1.82) is 0 Å². The molecule has 0 unspecified atom stereocenters. The van der Waals surface area contributed by atoms with Gasteiger partial charge in [0.25, 0.3) is 0 Å². The third-order valence-electron chi connectivity index (χ3n) is 4.07. The Kier molecular flexibility index (Phi) is 7.66. The Morgan fingerprint density at radius 2 is 1.88 bits per heavy atom. The normalized spacial score (nSPS) is 15.2. The Labute approximate surface area is 147 Å². The molecule has 1 aromatic carbocycles. The van der Waals surface area contributed by atoms with E-state index < -0.39 is 6.09 Å². The average molecular weight is 351 g/mol. The summed E-state index contributed by atoms with van der Waals surface area (Å²) in [4.78, 5) is 24.4. The largest absolute Gasteiger partial charge is 0.450 e. The number of piperidine rings is 1. The lowest BCUT2D eigenvalue weighted by atomic mass is 10.1. The summed E-state index contributed by atoms with van der Waals surface area (Å²) in [5.41, 5.74) is 5.78. The van der Waals surface area contributed by atoms with Gasteiger partial charge in [-0.05, 0) is 37.0 Å². The van der Waals surface area contributed by atoms with Crippen LogP contribution in [-0.2, 0) is 20.7 Å². The van der Waals surface area contributed by atoms with Gasteiger partial charge in [-0.2, -0.15) is 0 Å². The summed E-state index contributed by atoms with van der Waals surface area (Å²) < 4.78 is 23.2. The highest BCUT2D eigenvalue weighted by Crippen LogP contribution is 2.15. The van der Waals surface area contributed by atoms with Crippen LogP contribution >= 0.6 is 0 Å². The van der Waals surface area contributed by atoms with E-state index in [1.165, 1.54) is 12.1 Å². The highest BCUT2D eigenvalue weighted by atomic mass is 19.1. The zero-order valence-corrected chi connectivity index (χ0v) is 14.2. The quantitative estimate of drug-likeness (QED) is 0.727. The zero-order valence-electron chi connectivity index (χ0n) is 14.2. The van der Waals surface area contributed by atoms with Crippen LogP contribution in [0.3, 0.4) is 0 Å². The van der Waals surface area contributed by atoms with Crippen molar-refractivity contribution in [1.82, 2.24) is 4.90 Å². The molecule has 0 aromatic heterocycles. The number of rotatable bonds is 8. The fourth-order valence-corrected chi connectivity index (χ4v) is 2.68. The van der Waals surface area contributed by atoms with Gasteiger partial charge < -0.3 is 20.1 Å². The van der Waals surface area contributed by atoms with E-state index in [2.05, 4.69) is 4.74 Å². The van der Waals surface area contributed by atoms with E-state index >= 15 is 0 Å². The molecule has 2 rings (SSSR count). The molecular weight excluding hydrogens is 327 g/mol. The van der Waals surface area contributed by atoms with Crippen LogP contribution < -0.4 is 5.73 Å². The van der Waals surface area contributed by atoms with Crippen molar-refractivity contribution in [2.45, 2.75) is 31.8 Å². The molecule has 1 aliphatic rings. The lowest BCUT2D eigenvalue weighted by molar-refractivity contribution is -0.130. The van der Waals surface area contributed by atoms with Gasteiger partial charge in [-0.3, -0.25) is 4.79 Å². The van der Waals surface area contributed by atoms with Gasteiger partial charge in [-0.25, -0.2) is 9.18 Å². The SMILES string of the molecule is NC(=O)OCCCOC1CCN(C(=O)[CH]Cc2ccc(F)cc2)CC1. The molecule has 7 heteroatoms. The average Bonchev–Trinajstić information content (AvgIpc) is 2.61. The Balaban J connectivity index is 1.59. The van der Waals surface area contributed by atoms with Crippen LogP contribution in [0.4, 0.5) is 9.18 Å². The highest BCUT2D eigenvalue weighted by Gasteiger charge is 2.23. The van der Waals surface area contributed by atoms with Crippen LogP contribution in [-0.4, -0.2) is 49.3 Å². The van der Waals surface area contributed by atoms with Crippen molar-refractivity contribution in [3.05, 3.63) is 42.1 Å². The molecular formula is C18H24FN2O4. The molecule has 137 valence electrons. The fraction of sp³-hybridized carbons (Fsp3) is 0.500. The second-order valence-corrected chi connectivity index (χ2v) is 5.95. The van der Waals surface area contributed by atoms with Gasteiger partial charge in [0.2, 0.25) is 5.91 Å². The molecule has 1 aromatic rings. The topological polar surface area (TPSA) is 81.9 Å². The van der Waals surface area contributed by atoms with E-state index in [-0.39, 0.29) is 24.4 Å². The van der Waals surface area contributed by atoms with E-state index in [0.29, 0.717) is 32.5 Å². The number of likely N-dealkylation sites (tertiary alicyclic amines) is 1. The molecule has 0 bridgehead atoms. The number of carbonyl (C=O) groups excluding carboxylic acids is 2. The van der Waals surface area contributed by atoms with Crippen LogP contribution in [0.5, 0.6) is 0 Å². The minimum absolute atomic E-state index is 0.00219. The van der Waals surface area contributed by atoms with E-state index in [9.17, 15) is 14.0 Å². The molecule has 1 saturated heterocycles. The predicted molar refractivity (Wildman–Crippen MR) is 90.1 cm³/mol. The number of primary amides is 1. The molecule has 0 aliphatic carbocycles. The zero-order chi connectivity index (χ0) is 18.1. The second-order valence-electron chi connectivity index (χ2n) is 5.95. The van der Waals surface area contributed by atoms with Crippen molar-refractivity contribution in [2.75, 3.05) is 26.3 Å². The number of nitrogens with two attached hydrogens (primary N) is 1. The summed E-state index contributed by atoms with van der Waals surface area (Å²) in [6.45, 7) is 2.07. The van der Waals surface area contributed by atoms with Gasteiger partial charge in [0.05, 0.1) is 25.7 Å². The van der Waals surface area contributed by atoms with Crippen molar-refractivity contribution in [3.8, 4) is 0 Å². The molecule has 2 N–H and O–H groups in total. The van der Waals surface area contributed by atoms with Gasteiger partial charge in [0.15, 0.2) is 0 Å². The van der Waals surface area contributed by atoms with Crippen molar-refractivity contribution in [3.63, 3.8) is 0 Å². The number of nitrogens with zero attached hydrogens (tertiary/aromatic N) is 1. The summed E-state index contributed by atoms with van der Waals surface area (Å²) in [5, 5.41) is 0. The maximum Gasteiger partial charge on any atom is 0.404 e. The molecule has 2 amide bonds. The fourth-order valence-electron chi connectivity index (χ4n) is 2.68. The third-order valence-corrected chi connectivity index (χ3v) is 4.07. The van der Waals surface area contributed by atoms with E-state index in [0.717, 1.165) is 18.4 Å². The Hall–Kier alpha value is -2.15. The first-order chi connectivity index (χ1) is 12.0. The number of hydrogen-bond donors (Lipinski definition) is 1. The van der Waals surface area contributed by atoms with E-state index in [1.807, 2.05) is 0 Å². The lowest BCUT2D eigenvalue weighted by Crippen LogP contribution is -2.41. The van der Waals surface area contributed by atoms with E-state index in [1.54, 1.807) is 23.5 Å². The first-order valence-corrected chi connectivity index (χ1v) is 8.45. The maximum atomic E-state index is 12.9. The van der Waals surface area contributed by atoms with Crippen molar-refractivity contribution >= 4 is 12.0 Å². The molecule has 1 aliphatic heterocycles. The third kappa shape index (κ3) is 7.09. The number of halogens is 1. The van der Waals surface area contributed by atoms with Crippen LogP contribution in [0, 0.1) is 12.2 Å². The molecule has 1 radical (unpaired) electrons. The van der Waals surface area contributed by atoms with Gasteiger partial charge in [-0.15, -0.1) is 0 Å². The van der Waals surface area contributed by atoms with Crippen LogP contribution in [0.1, 0.15) is 24.8 Å². The second kappa shape index (κ2) is 9.98. The van der Waals surface area contributed by atoms with Gasteiger partial charge in [0.1, 0.15) is 5.82 Å². The van der Waals surface area contributed by atoms with Crippen molar-refractivity contribution < 1.29 is 23.5 Å². The predicted octanol–water partition coefficient (Wildman–Crippen LogP) is 2.07. The monoisotopic (exact) mass is 351 g/mol. The minimum atomic E-state index is -0.774. The molecule has 1 fully saturated rings. The molecule has 25 heavy (non-hydrogen) atoms. The Morgan fingerprint density at radius 3 is 2.52 bits per heavy atom. The summed E-state index contributed by atoms with van der Waals surface area (Å²) >= 11 is 0. The molecule has 6 nitrogen and oxygen atoms in total. The smallest absolute Gasteiger partial charge is 0.404 e. The molecule has 0 saturated carbocycles. The lowest BCUT2D eigenvalue weighted by Gasteiger charge is -2.32. The Morgan fingerprint density at radius 1 is 1.20 bits per heavy atom. The Bertz CT molecular complexity index is 557.